The second kappa shape index (κ2) is 7.09. The van der Waals surface area contributed by atoms with E-state index in [0.717, 1.165) is 12.5 Å². The summed E-state index contributed by atoms with van der Waals surface area (Å²) in [7, 11) is 0. The first-order chi connectivity index (χ1) is 8.74. The lowest BCUT2D eigenvalue weighted by Gasteiger charge is -2.35. The molecule has 1 spiro atoms. The van der Waals surface area contributed by atoms with Gasteiger partial charge in [0.2, 0.25) is 0 Å². The zero-order valence-corrected chi connectivity index (χ0v) is 13.3. The van der Waals surface area contributed by atoms with Gasteiger partial charge in [-0.15, -0.1) is 0 Å². The molecule has 18 heavy (non-hydrogen) atoms. The van der Waals surface area contributed by atoms with E-state index in [9.17, 15) is 0 Å². The molecule has 0 bridgehead atoms. The van der Waals surface area contributed by atoms with Crippen LogP contribution in [-0.4, -0.2) is 35.0 Å². The third kappa shape index (κ3) is 4.09. The van der Waals surface area contributed by atoms with Crippen molar-refractivity contribution in [1.29, 1.82) is 0 Å². The molecule has 1 saturated carbocycles. The van der Waals surface area contributed by atoms with Crippen LogP contribution < -0.4 is 5.32 Å². The smallest absolute Gasteiger partial charge is 0.157 e. The monoisotopic (exact) mass is 286 g/mol. The van der Waals surface area contributed by atoms with E-state index in [-0.39, 0.29) is 0 Å². The molecule has 1 aliphatic heterocycles. The molecule has 1 saturated heterocycles. The average Bonchev–Trinajstić information content (AvgIpc) is 2.77. The summed E-state index contributed by atoms with van der Waals surface area (Å²) in [4.78, 5) is 4.72. The lowest BCUT2D eigenvalue weighted by atomic mass is 9.78. The molecule has 2 fully saturated rings. The highest BCUT2D eigenvalue weighted by molar-refractivity contribution is 8.14. The highest BCUT2D eigenvalue weighted by Gasteiger charge is 2.39. The van der Waals surface area contributed by atoms with Crippen molar-refractivity contribution >= 4 is 28.7 Å². The second-order valence-electron chi connectivity index (χ2n) is 5.76. The predicted molar refractivity (Wildman–Crippen MR) is 85.9 cm³/mol. The number of amidine groups is 1. The fraction of sp³-hybridized carbons (Fsp3) is 0.929. The van der Waals surface area contributed by atoms with E-state index in [1.165, 1.54) is 55.2 Å². The van der Waals surface area contributed by atoms with Gasteiger partial charge in [0.15, 0.2) is 5.17 Å². The normalized spacial score (nSPS) is 34.1. The van der Waals surface area contributed by atoms with Gasteiger partial charge < -0.3 is 5.32 Å². The van der Waals surface area contributed by atoms with Gasteiger partial charge in [-0.2, -0.15) is 11.8 Å². The molecular weight excluding hydrogens is 260 g/mol. The minimum absolute atomic E-state index is 0.398. The van der Waals surface area contributed by atoms with Gasteiger partial charge in [-0.25, -0.2) is 0 Å². The zero-order valence-electron chi connectivity index (χ0n) is 11.7. The quantitative estimate of drug-likeness (QED) is 0.779. The molecule has 1 N–H and O–H groups in total. The Labute approximate surface area is 120 Å². The lowest BCUT2D eigenvalue weighted by Crippen LogP contribution is -2.46. The Morgan fingerprint density at radius 3 is 2.89 bits per heavy atom. The second-order valence-corrected chi connectivity index (χ2v) is 7.71. The summed E-state index contributed by atoms with van der Waals surface area (Å²) in [6.07, 6.45) is 10.2. The summed E-state index contributed by atoms with van der Waals surface area (Å²) in [5, 5.41) is 4.94. The molecular formula is C14H26N2S2. The minimum atomic E-state index is 0.398. The lowest BCUT2D eigenvalue weighted by molar-refractivity contribution is 0.251. The topological polar surface area (TPSA) is 24.4 Å². The maximum absolute atomic E-state index is 4.72. The molecule has 0 radical (unpaired) electrons. The predicted octanol–water partition coefficient (Wildman–Crippen LogP) is 3.77. The summed E-state index contributed by atoms with van der Waals surface area (Å²) in [6.45, 7) is 3.39. The number of hydrogen-bond donors (Lipinski definition) is 1. The molecule has 0 aromatic heterocycles. The first kappa shape index (κ1) is 14.6. The van der Waals surface area contributed by atoms with Gasteiger partial charge in [0.05, 0.1) is 0 Å². The molecule has 0 atom stereocenters. The van der Waals surface area contributed by atoms with E-state index in [4.69, 9.17) is 4.99 Å². The Morgan fingerprint density at radius 2 is 2.17 bits per heavy atom. The van der Waals surface area contributed by atoms with Gasteiger partial charge in [-0.3, -0.25) is 4.99 Å². The Kier molecular flexibility index (Phi) is 5.74. The highest BCUT2D eigenvalue weighted by Crippen LogP contribution is 2.38. The van der Waals surface area contributed by atoms with Crippen LogP contribution in [0.2, 0.25) is 0 Å². The van der Waals surface area contributed by atoms with E-state index in [1.54, 1.807) is 0 Å². The van der Waals surface area contributed by atoms with Crippen LogP contribution in [0.3, 0.4) is 0 Å². The van der Waals surface area contributed by atoms with Crippen molar-refractivity contribution in [3.8, 4) is 0 Å². The first-order valence-corrected chi connectivity index (χ1v) is 9.56. The minimum Gasteiger partial charge on any atom is -0.359 e. The van der Waals surface area contributed by atoms with Crippen LogP contribution in [-0.2, 0) is 0 Å². The molecule has 4 heteroatoms. The van der Waals surface area contributed by atoms with Crippen LogP contribution >= 0.6 is 23.5 Å². The largest absolute Gasteiger partial charge is 0.359 e. The van der Waals surface area contributed by atoms with Gasteiger partial charge in [0.1, 0.15) is 0 Å². The average molecular weight is 287 g/mol. The molecule has 2 aliphatic rings. The molecule has 0 unspecified atom stereocenters. The summed E-state index contributed by atoms with van der Waals surface area (Å²) < 4.78 is 0. The molecule has 104 valence electrons. The SMILES string of the molecule is CSCCCCN=C1NC2(CCC(C)CC2)CS1. The Bertz CT molecular complexity index is 284. The summed E-state index contributed by atoms with van der Waals surface area (Å²) in [5.74, 6) is 3.44. The van der Waals surface area contributed by atoms with E-state index >= 15 is 0 Å². The number of hydrogen-bond acceptors (Lipinski definition) is 3. The van der Waals surface area contributed by atoms with Crippen LogP contribution in [0.4, 0.5) is 0 Å². The van der Waals surface area contributed by atoms with Crippen molar-refractivity contribution < 1.29 is 0 Å². The van der Waals surface area contributed by atoms with Crippen molar-refractivity contribution in [2.75, 3.05) is 24.3 Å². The van der Waals surface area contributed by atoms with Crippen LogP contribution in [0.5, 0.6) is 0 Å². The molecule has 0 aromatic carbocycles. The van der Waals surface area contributed by atoms with Crippen molar-refractivity contribution in [3.63, 3.8) is 0 Å². The van der Waals surface area contributed by atoms with Crippen LogP contribution in [0.25, 0.3) is 0 Å². The molecule has 2 rings (SSSR count). The fourth-order valence-electron chi connectivity index (χ4n) is 2.71. The highest BCUT2D eigenvalue weighted by atomic mass is 32.2. The standard InChI is InChI=1S/C14H26N2S2/c1-12-5-7-14(8-6-12)11-18-13(16-14)15-9-3-4-10-17-2/h12H,3-11H2,1-2H3,(H,15,16). The number of thioether (sulfide) groups is 2. The van der Waals surface area contributed by atoms with Crippen LogP contribution in [0, 0.1) is 5.92 Å². The molecule has 1 heterocycles. The molecule has 0 amide bonds. The molecule has 0 aromatic rings. The maximum Gasteiger partial charge on any atom is 0.157 e. The number of unbranched alkanes of at least 4 members (excludes halogenated alkanes) is 1. The van der Waals surface area contributed by atoms with Crippen molar-refractivity contribution in [3.05, 3.63) is 0 Å². The first-order valence-electron chi connectivity index (χ1n) is 7.18. The van der Waals surface area contributed by atoms with Gasteiger partial charge >= 0.3 is 0 Å². The summed E-state index contributed by atoms with van der Waals surface area (Å²) >= 11 is 3.88. The molecule has 2 nitrogen and oxygen atoms in total. The number of nitrogens with zero attached hydrogens (tertiary/aromatic N) is 1. The third-order valence-electron chi connectivity index (χ3n) is 4.10. The van der Waals surface area contributed by atoms with Crippen molar-refractivity contribution in [2.24, 2.45) is 10.9 Å². The summed E-state index contributed by atoms with van der Waals surface area (Å²) in [6, 6.07) is 0. The van der Waals surface area contributed by atoms with Crippen molar-refractivity contribution in [2.45, 2.75) is 51.0 Å². The van der Waals surface area contributed by atoms with Crippen LogP contribution in [0.1, 0.15) is 45.4 Å². The van der Waals surface area contributed by atoms with E-state index in [0.29, 0.717) is 5.54 Å². The maximum atomic E-state index is 4.72. The summed E-state index contributed by atoms with van der Waals surface area (Å²) in [5.41, 5.74) is 0.398. The van der Waals surface area contributed by atoms with Gasteiger partial charge in [0.25, 0.3) is 0 Å². The van der Waals surface area contributed by atoms with Crippen LogP contribution in [0.15, 0.2) is 4.99 Å². The van der Waals surface area contributed by atoms with Gasteiger partial charge in [-0.05, 0) is 56.5 Å². The Hall–Kier alpha value is 0.170. The number of rotatable bonds is 5. The van der Waals surface area contributed by atoms with Gasteiger partial charge in [0, 0.05) is 17.8 Å². The Balaban J connectivity index is 1.72. The fourth-order valence-corrected chi connectivity index (χ4v) is 4.45. The van der Waals surface area contributed by atoms with Gasteiger partial charge in [-0.1, -0.05) is 18.7 Å². The van der Waals surface area contributed by atoms with E-state index in [2.05, 4.69) is 18.5 Å². The Morgan fingerprint density at radius 1 is 1.39 bits per heavy atom. The van der Waals surface area contributed by atoms with E-state index < -0.39 is 0 Å². The zero-order chi connectivity index (χ0) is 12.8. The van der Waals surface area contributed by atoms with Crippen molar-refractivity contribution in [1.82, 2.24) is 5.32 Å². The third-order valence-corrected chi connectivity index (χ3v) is 6.00. The molecule has 1 aliphatic carbocycles. The number of nitrogens with one attached hydrogen (secondary N) is 1. The van der Waals surface area contributed by atoms with E-state index in [1.807, 2.05) is 23.5 Å². The number of aliphatic imine (C=N–C) groups is 1.